The lowest BCUT2D eigenvalue weighted by Gasteiger charge is -2.04. The van der Waals surface area contributed by atoms with E-state index in [2.05, 4.69) is 30.1 Å². The van der Waals surface area contributed by atoms with E-state index >= 15 is 4.39 Å². The summed E-state index contributed by atoms with van der Waals surface area (Å²) in [6.45, 7) is 0. The van der Waals surface area contributed by atoms with E-state index < -0.39 is 5.82 Å². The average Bonchev–Trinajstić information content (AvgIpc) is 3.52. The van der Waals surface area contributed by atoms with Gasteiger partial charge in [-0.25, -0.2) is 9.37 Å². The predicted octanol–water partition coefficient (Wildman–Crippen LogP) is 4.41. The van der Waals surface area contributed by atoms with Crippen LogP contribution in [0.15, 0.2) is 53.7 Å². The van der Waals surface area contributed by atoms with Gasteiger partial charge >= 0.3 is 0 Å². The van der Waals surface area contributed by atoms with Gasteiger partial charge in [0, 0.05) is 35.1 Å². The number of fused-ring (bicyclic) bond motifs is 2. The molecule has 0 aromatic carbocycles. The number of nitrogens with one attached hydrogen (secondary N) is 2. The van der Waals surface area contributed by atoms with Crippen LogP contribution in [-0.2, 0) is 0 Å². The van der Waals surface area contributed by atoms with Crippen LogP contribution < -0.4 is 5.73 Å². The van der Waals surface area contributed by atoms with Crippen molar-refractivity contribution in [3.8, 4) is 34.0 Å². The third-order valence-corrected chi connectivity index (χ3v) is 5.68. The van der Waals surface area contributed by atoms with E-state index in [9.17, 15) is 0 Å². The van der Waals surface area contributed by atoms with Crippen molar-refractivity contribution >= 4 is 39.0 Å². The van der Waals surface area contributed by atoms with E-state index in [1.54, 1.807) is 23.6 Å². The first-order chi connectivity index (χ1) is 15.2. The Morgan fingerprint density at radius 3 is 2.74 bits per heavy atom. The number of rotatable bonds is 3. The second-order valence-corrected chi connectivity index (χ2v) is 7.72. The molecule has 0 amide bonds. The standard InChI is InChI=1S/C21H13FN8S/c22-16-15-14(8-26-17(16)11-5-12(23)7-24-6-11)29-30-20(15)21-27-13-1-3-25-18(19(13)28-21)10-2-4-31-9-10/h1-9H,23H2,(H,27,28)(H,29,30). The minimum Gasteiger partial charge on any atom is -0.397 e. The largest absolute Gasteiger partial charge is 0.397 e. The molecule has 6 aromatic heterocycles. The summed E-state index contributed by atoms with van der Waals surface area (Å²) in [5.41, 5.74) is 10.9. The Kier molecular flexibility index (Phi) is 3.80. The Morgan fingerprint density at radius 1 is 0.968 bits per heavy atom. The van der Waals surface area contributed by atoms with Gasteiger partial charge in [-0.2, -0.15) is 16.4 Å². The van der Waals surface area contributed by atoms with Crippen LogP contribution in [-0.4, -0.2) is 35.1 Å². The van der Waals surface area contributed by atoms with Gasteiger partial charge in [0.25, 0.3) is 0 Å². The molecule has 0 bridgehead atoms. The molecule has 4 N–H and O–H groups in total. The Bertz CT molecular complexity index is 1570. The molecule has 0 radical (unpaired) electrons. The molecular weight excluding hydrogens is 415 g/mol. The van der Waals surface area contributed by atoms with Crippen molar-refractivity contribution in [3.63, 3.8) is 0 Å². The first-order valence-electron chi connectivity index (χ1n) is 9.30. The number of anilines is 1. The van der Waals surface area contributed by atoms with Crippen molar-refractivity contribution in [3.05, 3.63) is 59.6 Å². The summed E-state index contributed by atoms with van der Waals surface area (Å²) in [4.78, 5) is 20.7. The number of imidazole rings is 1. The number of nitrogens with two attached hydrogens (primary N) is 1. The third kappa shape index (κ3) is 2.76. The molecule has 0 unspecified atom stereocenters. The Labute approximate surface area is 178 Å². The molecule has 0 aliphatic rings. The maximum atomic E-state index is 15.6. The number of H-pyrrole nitrogens is 2. The molecule has 0 saturated carbocycles. The molecule has 0 fully saturated rings. The quantitative estimate of drug-likeness (QED) is 0.384. The molecule has 8 nitrogen and oxygen atoms in total. The molecule has 0 aliphatic carbocycles. The highest BCUT2D eigenvalue weighted by atomic mass is 32.1. The van der Waals surface area contributed by atoms with Crippen molar-refractivity contribution in [2.45, 2.75) is 0 Å². The summed E-state index contributed by atoms with van der Waals surface area (Å²) >= 11 is 1.59. The molecule has 0 atom stereocenters. The summed E-state index contributed by atoms with van der Waals surface area (Å²) in [7, 11) is 0. The van der Waals surface area contributed by atoms with Gasteiger partial charge in [0.15, 0.2) is 11.6 Å². The summed E-state index contributed by atoms with van der Waals surface area (Å²) in [5, 5.41) is 11.4. The molecular formula is C21H13FN8S. The lowest BCUT2D eigenvalue weighted by atomic mass is 10.1. The molecule has 6 aromatic rings. The number of pyridine rings is 3. The van der Waals surface area contributed by atoms with E-state index in [0.717, 1.165) is 16.8 Å². The third-order valence-electron chi connectivity index (χ3n) is 5.00. The average molecular weight is 428 g/mol. The maximum Gasteiger partial charge on any atom is 0.161 e. The van der Waals surface area contributed by atoms with Crippen molar-refractivity contribution < 1.29 is 4.39 Å². The number of thiophene rings is 1. The van der Waals surface area contributed by atoms with Gasteiger partial charge in [0.1, 0.15) is 16.9 Å². The zero-order valence-corrected chi connectivity index (χ0v) is 16.6. The lowest BCUT2D eigenvalue weighted by molar-refractivity contribution is 0.638. The summed E-state index contributed by atoms with van der Waals surface area (Å²) < 4.78 is 15.6. The molecule has 0 spiro atoms. The highest BCUT2D eigenvalue weighted by molar-refractivity contribution is 7.08. The number of hydrogen-bond acceptors (Lipinski definition) is 7. The minimum atomic E-state index is -0.523. The van der Waals surface area contributed by atoms with E-state index in [1.807, 2.05) is 22.9 Å². The predicted molar refractivity (Wildman–Crippen MR) is 118 cm³/mol. The normalized spacial score (nSPS) is 11.5. The monoisotopic (exact) mass is 428 g/mol. The Morgan fingerprint density at radius 2 is 1.90 bits per heavy atom. The highest BCUT2D eigenvalue weighted by Gasteiger charge is 2.21. The summed E-state index contributed by atoms with van der Waals surface area (Å²) in [6, 6.07) is 5.45. The number of aromatic amines is 2. The van der Waals surface area contributed by atoms with Crippen molar-refractivity contribution in [2.24, 2.45) is 0 Å². The molecule has 6 heterocycles. The van der Waals surface area contributed by atoms with Gasteiger partial charge in [-0.15, -0.1) is 0 Å². The lowest BCUT2D eigenvalue weighted by Crippen LogP contribution is -1.94. The number of nitrogens with zero attached hydrogens (tertiary/aromatic N) is 5. The van der Waals surface area contributed by atoms with Crippen LogP contribution in [0.2, 0.25) is 0 Å². The van der Waals surface area contributed by atoms with Gasteiger partial charge in [0.05, 0.1) is 34.0 Å². The van der Waals surface area contributed by atoms with E-state index in [4.69, 9.17) is 10.7 Å². The van der Waals surface area contributed by atoms with Crippen molar-refractivity contribution in [2.75, 3.05) is 5.73 Å². The van der Waals surface area contributed by atoms with Crippen molar-refractivity contribution in [1.29, 1.82) is 0 Å². The summed E-state index contributed by atoms with van der Waals surface area (Å²) in [5.74, 6) is -0.0854. The van der Waals surface area contributed by atoms with E-state index in [-0.39, 0.29) is 11.1 Å². The molecule has 31 heavy (non-hydrogen) atoms. The SMILES string of the molecule is Nc1cncc(-c2ncc3[nH]nc(-c4nc5c(-c6ccsc6)nccc5[nH]4)c3c2F)c1. The smallest absolute Gasteiger partial charge is 0.161 e. The number of hydrogen-bond donors (Lipinski definition) is 3. The molecule has 6 rings (SSSR count). The highest BCUT2D eigenvalue weighted by Crippen LogP contribution is 2.34. The fraction of sp³-hybridized carbons (Fsp3) is 0. The minimum absolute atomic E-state index is 0.145. The molecule has 0 saturated heterocycles. The molecule has 0 aliphatic heterocycles. The second kappa shape index (κ2) is 6.67. The fourth-order valence-corrected chi connectivity index (χ4v) is 4.23. The fourth-order valence-electron chi connectivity index (χ4n) is 3.59. The second-order valence-electron chi connectivity index (χ2n) is 6.94. The van der Waals surface area contributed by atoms with Crippen LogP contribution in [0, 0.1) is 5.82 Å². The van der Waals surface area contributed by atoms with E-state index in [0.29, 0.717) is 33.8 Å². The van der Waals surface area contributed by atoms with Gasteiger partial charge in [-0.3, -0.25) is 20.1 Å². The first kappa shape index (κ1) is 17.7. The number of aromatic nitrogens is 7. The van der Waals surface area contributed by atoms with Crippen LogP contribution in [0.25, 0.3) is 56.0 Å². The zero-order valence-electron chi connectivity index (χ0n) is 15.8. The van der Waals surface area contributed by atoms with E-state index in [1.165, 1.54) is 18.6 Å². The number of nitrogen functional groups attached to an aromatic ring is 1. The Balaban J connectivity index is 1.56. The van der Waals surface area contributed by atoms with Gasteiger partial charge in [-0.1, -0.05) is 0 Å². The first-order valence-corrected chi connectivity index (χ1v) is 10.2. The topological polar surface area (TPSA) is 122 Å². The van der Waals surface area contributed by atoms with Crippen LogP contribution >= 0.6 is 11.3 Å². The van der Waals surface area contributed by atoms with Crippen LogP contribution in [0.4, 0.5) is 10.1 Å². The van der Waals surface area contributed by atoms with Gasteiger partial charge in [0.2, 0.25) is 0 Å². The summed E-state index contributed by atoms with van der Waals surface area (Å²) in [6.07, 6.45) is 6.27. The molecule has 150 valence electrons. The number of halogens is 1. The van der Waals surface area contributed by atoms with Gasteiger partial charge < -0.3 is 10.7 Å². The van der Waals surface area contributed by atoms with Crippen LogP contribution in [0.3, 0.4) is 0 Å². The zero-order chi connectivity index (χ0) is 20.9. The van der Waals surface area contributed by atoms with Crippen LogP contribution in [0.1, 0.15) is 0 Å². The Hall–Kier alpha value is -4.18. The molecule has 10 heteroatoms. The maximum absolute atomic E-state index is 15.6. The van der Waals surface area contributed by atoms with Gasteiger partial charge in [-0.05, 0) is 23.6 Å². The van der Waals surface area contributed by atoms with Crippen molar-refractivity contribution in [1.82, 2.24) is 35.1 Å². The van der Waals surface area contributed by atoms with Crippen LogP contribution in [0.5, 0.6) is 0 Å².